The van der Waals surface area contributed by atoms with E-state index in [0.717, 1.165) is 129 Å². The van der Waals surface area contributed by atoms with Gasteiger partial charge in [-0.25, -0.2) is 44.3 Å². The van der Waals surface area contributed by atoms with Gasteiger partial charge in [0, 0.05) is 187 Å². The molecule has 27 nitrogen and oxygen atoms in total. The minimum atomic E-state index is -0.285. The number of hydrogen-bond donors (Lipinski definition) is 5. The number of urea groups is 3. The SMILES string of the molecule is C=CC(=O)Nc1ccc(CN2C(=O)N(C)Cc3cnc(Cc4ccc(N5CCN(C)CC5)cc4)nc32)cc1.C=CC(=O)Nc1ccc(CN2C(=O)NCc3cnc(Cc4ccc(N5CCN(C)CC5)cc4)nc32)cc1.C=CC(=O)Nc1cccc(CN2C(=O)NCc3cnc(Cc4ccc(N5CCN(C)CC5)cc4)nc32)c1. The molecule has 9 heterocycles. The van der Waals surface area contributed by atoms with Crippen LogP contribution < -0.4 is 56.0 Å². The number of rotatable bonds is 21. The van der Waals surface area contributed by atoms with E-state index in [1.807, 2.05) is 60.8 Å². The number of nitrogens with one attached hydrogen (secondary N) is 5. The predicted octanol–water partition coefficient (Wildman–Crippen LogP) is 9.86. The number of amides is 9. The number of fused-ring (bicyclic) bond motifs is 3. The van der Waals surface area contributed by atoms with Gasteiger partial charge in [-0.15, -0.1) is 0 Å². The zero-order valence-electron chi connectivity index (χ0n) is 63.9. The molecule has 6 aliphatic heterocycles. The fraction of sp³-hybridized carbons (Fsp3) is 0.294. The minimum Gasteiger partial charge on any atom is -0.369 e. The van der Waals surface area contributed by atoms with E-state index < -0.39 is 0 Å². The zero-order chi connectivity index (χ0) is 78.2. The molecule has 5 N–H and O–H groups in total. The Morgan fingerprint density at radius 2 is 0.723 bits per heavy atom. The molecular weight excluding hydrogens is 1410 g/mol. The monoisotopic (exact) mass is 1510 g/mol. The van der Waals surface area contributed by atoms with Crippen LogP contribution in [0.15, 0.2) is 202 Å². The molecule has 6 aliphatic rings. The number of carbonyl (C=O) groups is 6. The summed E-state index contributed by atoms with van der Waals surface area (Å²) in [6.45, 7) is 25.4. The number of likely N-dealkylation sites (N-methyl/N-ethyl adjacent to an activating group) is 3. The van der Waals surface area contributed by atoms with Gasteiger partial charge >= 0.3 is 18.1 Å². The number of nitrogens with zero attached hydrogens (tertiary/aromatic N) is 16. The zero-order valence-corrected chi connectivity index (χ0v) is 63.9. The summed E-state index contributed by atoms with van der Waals surface area (Å²) in [5, 5.41) is 14.0. The molecule has 0 spiro atoms. The smallest absolute Gasteiger partial charge is 0.326 e. The average Bonchev–Trinajstić information content (AvgIpc) is 0.812. The van der Waals surface area contributed by atoms with Gasteiger partial charge in [0.15, 0.2) is 0 Å². The van der Waals surface area contributed by atoms with Crippen molar-refractivity contribution in [2.45, 2.75) is 58.5 Å². The molecule has 0 atom stereocenters. The Bertz CT molecular complexity index is 4870. The number of hydrogen-bond acceptors (Lipinski definition) is 18. The highest BCUT2D eigenvalue weighted by atomic mass is 16.2. The largest absolute Gasteiger partial charge is 0.369 e. The molecule has 6 aromatic carbocycles. The topological polar surface area (TPSA) is 272 Å². The summed E-state index contributed by atoms with van der Waals surface area (Å²) in [5.74, 6) is 3.10. The van der Waals surface area contributed by atoms with Crippen LogP contribution in [0.1, 0.15) is 67.5 Å². The van der Waals surface area contributed by atoms with Gasteiger partial charge in [-0.1, -0.05) is 92.5 Å². The van der Waals surface area contributed by atoms with Crippen LogP contribution in [0, 0.1) is 0 Å². The van der Waals surface area contributed by atoms with Crippen molar-refractivity contribution in [2.24, 2.45) is 0 Å². The third kappa shape index (κ3) is 20.0. The summed E-state index contributed by atoms with van der Waals surface area (Å²) >= 11 is 0. The van der Waals surface area contributed by atoms with Crippen LogP contribution in [0.3, 0.4) is 0 Å². The van der Waals surface area contributed by atoms with E-state index >= 15 is 0 Å². The highest BCUT2D eigenvalue weighted by Gasteiger charge is 2.32. The Hall–Kier alpha value is -12.7. The highest BCUT2D eigenvalue weighted by molar-refractivity contribution is 6.00. The fourth-order valence-electron chi connectivity index (χ4n) is 13.9. The number of carbonyl (C=O) groups excluding carboxylic acids is 6. The van der Waals surface area contributed by atoms with Crippen molar-refractivity contribution < 1.29 is 28.8 Å². The van der Waals surface area contributed by atoms with E-state index in [9.17, 15) is 28.8 Å². The van der Waals surface area contributed by atoms with Crippen molar-refractivity contribution in [3.63, 3.8) is 0 Å². The Balaban J connectivity index is 0.000000147. The highest BCUT2D eigenvalue weighted by Crippen LogP contribution is 2.32. The molecule has 3 saturated heterocycles. The first kappa shape index (κ1) is 77.4. The van der Waals surface area contributed by atoms with Crippen LogP contribution in [-0.4, -0.2) is 192 Å². The van der Waals surface area contributed by atoms with Gasteiger partial charge < -0.3 is 60.9 Å². The van der Waals surface area contributed by atoms with Crippen molar-refractivity contribution in [1.82, 2.24) is 60.1 Å². The molecule has 112 heavy (non-hydrogen) atoms. The lowest BCUT2D eigenvalue weighted by atomic mass is 10.1. The second kappa shape index (κ2) is 36.2. The van der Waals surface area contributed by atoms with Crippen molar-refractivity contribution >= 4 is 87.4 Å². The first-order valence-electron chi connectivity index (χ1n) is 37.7. The van der Waals surface area contributed by atoms with Crippen molar-refractivity contribution in [3.05, 3.63) is 270 Å². The van der Waals surface area contributed by atoms with E-state index in [1.54, 1.807) is 57.2 Å². The number of anilines is 9. The molecule has 0 radical (unpaired) electrons. The first-order chi connectivity index (χ1) is 54.3. The van der Waals surface area contributed by atoms with Crippen molar-refractivity contribution in [3.8, 4) is 0 Å². The number of piperazine rings is 3. The molecule has 9 amide bonds. The fourth-order valence-corrected chi connectivity index (χ4v) is 13.9. The summed E-state index contributed by atoms with van der Waals surface area (Å²) in [4.78, 5) is 123. The standard InChI is InChI=1S/C29H33N7O2.2C28H31N7O2/c1-4-27(37)31-24-9-5-22(6-10-24)19-36-28-23(20-34(3)29(36)38)18-30-26(32-28)17-21-7-11-25(12-8-21)35-15-13-33(2)14-16-35;1-3-26(36)31-23-8-4-21(5-9-23)19-35-27-22(18-30-28(35)37)17-29-25(32-27)16-20-6-10-24(11-7-20)34-14-12-33(2)13-15-34;1-3-26(36)31-23-6-4-5-21(15-23)19-35-27-22(18-30-28(35)37)17-29-25(32-27)16-20-7-9-24(10-8-20)34-13-11-33(2)12-14-34/h4-12,18H,1,13-17,19-20H2,2-3H3,(H,31,37);3-11,17H,1,12-16,18-19H2,2H3,(H,30,37)(H,31,36);3-10,15,17H,1,11-14,16,18-19H2,2H3,(H,30,37)(H,31,36). The Kier molecular flexibility index (Phi) is 25.0. The van der Waals surface area contributed by atoms with Gasteiger partial charge in [0.25, 0.3) is 0 Å². The van der Waals surface area contributed by atoms with E-state index in [-0.39, 0.29) is 35.8 Å². The third-order valence-electron chi connectivity index (χ3n) is 20.5. The summed E-state index contributed by atoms with van der Waals surface area (Å²) in [6, 6.07) is 47.4. The van der Waals surface area contributed by atoms with Gasteiger partial charge in [0.1, 0.15) is 34.9 Å². The minimum absolute atomic E-state index is 0.109. The van der Waals surface area contributed by atoms with E-state index in [4.69, 9.17) is 15.0 Å². The Morgan fingerprint density at radius 3 is 1.10 bits per heavy atom. The lowest BCUT2D eigenvalue weighted by molar-refractivity contribution is -0.112. The lowest BCUT2D eigenvalue weighted by Crippen LogP contribution is -2.45. The molecule has 3 fully saturated rings. The molecule has 15 rings (SSSR count). The molecule has 0 unspecified atom stereocenters. The van der Waals surface area contributed by atoms with Gasteiger partial charge in [0.05, 0.1) is 26.2 Å². The second-order valence-corrected chi connectivity index (χ2v) is 28.7. The quantitative estimate of drug-likeness (QED) is 0.0419. The van der Waals surface area contributed by atoms with Crippen molar-refractivity contribution in [1.29, 1.82) is 0 Å². The number of benzene rings is 6. The summed E-state index contributed by atoms with van der Waals surface area (Å²) < 4.78 is 0. The van der Waals surface area contributed by atoms with E-state index in [1.165, 1.54) is 35.3 Å². The van der Waals surface area contributed by atoms with E-state index in [0.29, 0.717) is 111 Å². The molecule has 0 bridgehead atoms. The second-order valence-electron chi connectivity index (χ2n) is 28.7. The maximum absolute atomic E-state index is 13.1. The van der Waals surface area contributed by atoms with Crippen LogP contribution in [0.4, 0.5) is 66.0 Å². The van der Waals surface area contributed by atoms with Gasteiger partial charge in [0.2, 0.25) is 17.7 Å². The van der Waals surface area contributed by atoms with Crippen LogP contribution >= 0.6 is 0 Å². The third-order valence-corrected chi connectivity index (χ3v) is 20.5. The molecule has 9 aromatic rings. The van der Waals surface area contributed by atoms with Gasteiger partial charge in [-0.05, 0) is 146 Å². The Labute approximate surface area is 653 Å². The average molecular weight is 1510 g/mol. The molecule has 0 aliphatic carbocycles. The maximum Gasteiger partial charge on any atom is 0.326 e. The van der Waals surface area contributed by atoms with Crippen LogP contribution in [-0.2, 0) is 72.9 Å². The van der Waals surface area contributed by atoms with Crippen LogP contribution in [0.5, 0.6) is 0 Å². The van der Waals surface area contributed by atoms with Crippen LogP contribution in [0.25, 0.3) is 0 Å². The molecular formula is C85H95N21O6. The maximum atomic E-state index is 13.1. The van der Waals surface area contributed by atoms with E-state index in [2.05, 4.69) is 185 Å². The van der Waals surface area contributed by atoms with Crippen molar-refractivity contribution in [2.75, 3.05) is 152 Å². The van der Waals surface area contributed by atoms with Crippen LogP contribution in [0.2, 0.25) is 0 Å². The first-order valence-corrected chi connectivity index (χ1v) is 37.7. The molecule has 27 heteroatoms. The summed E-state index contributed by atoms with van der Waals surface area (Å²) in [6.07, 6.45) is 10.9. The molecule has 0 saturated carbocycles. The van der Waals surface area contributed by atoms with Gasteiger partial charge in [-0.3, -0.25) is 29.1 Å². The summed E-state index contributed by atoms with van der Waals surface area (Å²) in [5.41, 5.74) is 14.4. The Morgan fingerprint density at radius 1 is 0.393 bits per heavy atom. The summed E-state index contributed by atoms with van der Waals surface area (Å²) in [7, 11) is 8.26. The molecule has 576 valence electrons. The number of aromatic nitrogens is 6. The van der Waals surface area contributed by atoms with Gasteiger partial charge in [-0.2, -0.15) is 0 Å². The lowest BCUT2D eigenvalue weighted by Gasteiger charge is -2.34. The predicted molar refractivity (Wildman–Crippen MR) is 439 cm³/mol. The molecule has 3 aromatic heterocycles. The normalized spacial score (nSPS) is 15.7.